The van der Waals surface area contributed by atoms with Gasteiger partial charge in [0.2, 0.25) is 0 Å². The fourth-order valence-corrected chi connectivity index (χ4v) is 1.45. The Kier molecular flexibility index (Phi) is 4.21. The third-order valence-electron chi connectivity index (χ3n) is 2.13. The van der Waals surface area contributed by atoms with Crippen LogP contribution in [-0.2, 0) is 0 Å². The van der Waals surface area contributed by atoms with Crippen molar-refractivity contribution >= 4 is 5.71 Å². The maximum Gasteiger partial charge on any atom is 0.0400 e. The SMILES string of the molecule is NCCCN=C1CCCCC1. The first kappa shape index (κ1) is 8.72. The van der Waals surface area contributed by atoms with Gasteiger partial charge in [-0.05, 0) is 38.6 Å². The van der Waals surface area contributed by atoms with Crippen molar-refractivity contribution in [1.82, 2.24) is 0 Å². The Balaban J connectivity index is 2.15. The number of hydrogen-bond acceptors (Lipinski definition) is 2. The smallest absolute Gasteiger partial charge is 0.0400 e. The average molecular weight is 154 g/mol. The van der Waals surface area contributed by atoms with Gasteiger partial charge in [0.05, 0.1) is 0 Å². The molecule has 1 aliphatic carbocycles. The molecule has 0 unspecified atom stereocenters. The molecule has 0 aromatic carbocycles. The summed E-state index contributed by atoms with van der Waals surface area (Å²) in [7, 11) is 0. The molecule has 0 saturated heterocycles. The van der Waals surface area contributed by atoms with Gasteiger partial charge < -0.3 is 5.73 Å². The minimum Gasteiger partial charge on any atom is -0.330 e. The van der Waals surface area contributed by atoms with Gasteiger partial charge in [-0.1, -0.05) is 6.42 Å². The second kappa shape index (κ2) is 5.30. The maximum atomic E-state index is 5.37. The highest BCUT2D eigenvalue weighted by atomic mass is 14.7. The number of hydrogen-bond donors (Lipinski definition) is 1. The fraction of sp³-hybridized carbons (Fsp3) is 0.889. The Hall–Kier alpha value is -0.370. The van der Waals surface area contributed by atoms with E-state index in [-0.39, 0.29) is 0 Å². The van der Waals surface area contributed by atoms with Crippen molar-refractivity contribution in [3.05, 3.63) is 0 Å². The lowest BCUT2D eigenvalue weighted by Gasteiger charge is -2.11. The van der Waals surface area contributed by atoms with Crippen LogP contribution >= 0.6 is 0 Å². The van der Waals surface area contributed by atoms with Crippen LogP contribution in [0.3, 0.4) is 0 Å². The van der Waals surface area contributed by atoms with E-state index in [2.05, 4.69) is 4.99 Å². The van der Waals surface area contributed by atoms with Gasteiger partial charge in [0.15, 0.2) is 0 Å². The first-order valence-electron chi connectivity index (χ1n) is 4.66. The van der Waals surface area contributed by atoms with Crippen molar-refractivity contribution in [1.29, 1.82) is 0 Å². The molecular weight excluding hydrogens is 136 g/mol. The second-order valence-corrected chi connectivity index (χ2v) is 3.15. The molecule has 0 aromatic rings. The molecule has 0 atom stereocenters. The molecule has 2 nitrogen and oxygen atoms in total. The standard InChI is InChI=1S/C9H18N2/c10-7-4-8-11-9-5-2-1-3-6-9/h1-8,10H2. The number of rotatable bonds is 3. The van der Waals surface area contributed by atoms with E-state index in [4.69, 9.17) is 5.73 Å². The molecular formula is C9H18N2. The van der Waals surface area contributed by atoms with Gasteiger partial charge in [0, 0.05) is 12.3 Å². The Morgan fingerprint density at radius 3 is 2.55 bits per heavy atom. The predicted molar refractivity (Wildman–Crippen MR) is 49.1 cm³/mol. The maximum absolute atomic E-state index is 5.37. The first-order valence-corrected chi connectivity index (χ1v) is 4.66. The number of aliphatic imine (C=N–C) groups is 1. The van der Waals surface area contributed by atoms with E-state index in [1.54, 1.807) is 0 Å². The number of nitrogens with zero attached hydrogens (tertiary/aromatic N) is 1. The van der Waals surface area contributed by atoms with Crippen LogP contribution < -0.4 is 5.73 Å². The van der Waals surface area contributed by atoms with Gasteiger partial charge in [-0.2, -0.15) is 0 Å². The quantitative estimate of drug-likeness (QED) is 0.618. The summed E-state index contributed by atoms with van der Waals surface area (Å²) in [5.41, 5.74) is 6.81. The molecule has 0 aromatic heterocycles. The van der Waals surface area contributed by atoms with Crippen molar-refractivity contribution in [2.75, 3.05) is 13.1 Å². The number of nitrogens with two attached hydrogens (primary N) is 1. The van der Waals surface area contributed by atoms with E-state index in [9.17, 15) is 0 Å². The monoisotopic (exact) mass is 154 g/mol. The highest BCUT2D eigenvalue weighted by Crippen LogP contribution is 2.14. The summed E-state index contributed by atoms with van der Waals surface area (Å²) in [4.78, 5) is 4.51. The summed E-state index contributed by atoms with van der Waals surface area (Å²) in [6.45, 7) is 1.72. The summed E-state index contributed by atoms with van der Waals surface area (Å²) < 4.78 is 0. The van der Waals surface area contributed by atoms with Crippen LogP contribution in [0.15, 0.2) is 4.99 Å². The Labute approximate surface area is 68.9 Å². The molecule has 0 radical (unpaired) electrons. The molecule has 1 fully saturated rings. The van der Waals surface area contributed by atoms with Crippen molar-refractivity contribution in [3.63, 3.8) is 0 Å². The van der Waals surface area contributed by atoms with Crippen LogP contribution in [0.1, 0.15) is 38.5 Å². The molecule has 2 N–H and O–H groups in total. The lowest BCUT2D eigenvalue weighted by molar-refractivity contribution is 0.661. The largest absolute Gasteiger partial charge is 0.330 e. The van der Waals surface area contributed by atoms with Crippen molar-refractivity contribution in [2.24, 2.45) is 10.7 Å². The zero-order valence-corrected chi connectivity index (χ0v) is 7.18. The van der Waals surface area contributed by atoms with Crippen LogP contribution in [0.4, 0.5) is 0 Å². The first-order chi connectivity index (χ1) is 5.43. The van der Waals surface area contributed by atoms with Gasteiger partial charge >= 0.3 is 0 Å². The van der Waals surface area contributed by atoms with Gasteiger partial charge in [0.1, 0.15) is 0 Å². The highest BCUT2D eigenvalue weighted by Gasteiger charge is 2.04. The van der Waals surface area contributed by atoms with E-state index >= 15 is 0 Å². The van der Waals surface area contributed by atoms with Crippen LogP contribution in [-0.4, -0.2) is 18.8 Å². The van der Waals surface area contributed by atoms with E-state index < -0.39 is 0 Å². The Morgan fingerprint density at radius 1 is 1.18 bits per heavy atom. The van der Waals surface area contributed by atoms with E-state index in [1.165, 1.54) is 37.8 Å². The molecule has 0 heterocycles. The Morgan fingerprint density at radius 2 is 1.91 bits per heavy atom. The molecule has 0 spiro atoms. The van der Waals surface area contributed by atoms with Crippen molar-refractivity contribution in [2.45, 2.75) is 38.5 Å². The third kappa shape index (κ3) is 3.51. The summed E-state index contributed by atoms with van der Waals surface area (Å²) in [5.74, 6) is 0. The van der Waals surface area contributed by atoms with Gasteiger partial charge in [-0.15, -0.1) is 0 Å². The molecule has 1 saturated carbocycles. The van der Waals surface area contributed by atoms with Crippen molar-refractivity contribution < 1.29 is 0 Å². The van der Waals surface area contributed by atoms with Crippen LogP contribution in [0.2, 0.25) is 0 Å². The lowest BCUT2D eigenvalue weighted by Crippen LogP contribution is -2.07. The Bertz CT molecular complexity index is 122. The molecule has 0 bridgehead atoms. The minimum absolute atomic E-state index is 0.775. The summed E-state index contributed by atoms with van der Waals surface area (Å²) in [6.07, 6.45) is 7.62. The topological polar surface area (TPSA) is 38.4 Å². The minimum atomic E-state index is 0.775. The van der Waals surface area contributed by atoms with Crippen LogP contribution in [0.5, 0.6) is 0 Å². The zero-order chi connectivity index (χ0) is 7.94. The molecule has 1 rings (SSSR count). The summed E-state index contributed by atoms with van der Waals surface area (Å²) in [6, 6.07) is 0. The average Bonchev–Trinajstić information content (AvgIpc) is 2.07. The molecule has 2 heteroatoms. The van der Waals surface area contributed by atoms with E-state index in [0.29, 0.717) is 0 Å². The lowest BCUT2D eigenvalue weighted by atomic mass is 9.98. The van der Waals surface area contributed by atoms with E-state index in [0.717, 1.165) is 19.5 Å². The van der Waals surface area contributed by atoms with Gasteiger partial charge in [-0.3, -0.25) is 4.99 Å². The zero-order valence-electron chi connectivity index (χ0n) is 7.18. The van der Waals surface area contributed by atoms with Gasteiger partial charge in [0.25, 0.3) is 0 Å². The van der Waals surface area contributed by atoms with E-state index in [1.807, 2.05) is 0 Å². The predicted octanol–water partition coefficient (Wildman–Crippen LogP) is 1.74. The normalized spacial score (nSPS) is 18.5. The van der Waals surface area contributed by atoms with Crippen LogP contribution in [0.25, 0.3) is 0 Å². The third-order valence-corrected chi connectivity index (χ3v) is 2.13. The van der Waals surface area contributed by atoms with Crippen molar-refractivity contribution in [3.8, 4) is 0 Å². The summed E-state index contributed by atoms with van der Waals surface area (Å²) in [5, 5.41) is 0. The second-order valence-electron chi connectivity index (χ2n) is 3.15. The molecule has 64 valence electrons. The molecule has 11 heavy (non-hydrogen) atoms. The summed E-state index contributed by atoms with van der Waals surface area (Å²) >= 11 is 0. The molecule has 0 aliphatic heterocycles. The highest BCUT2D eigenvalue weighted by molar-refractivity contribution is 5.84. The fourth-order valence-electron chi connectivity index (χ4n) is 1.45. The molecule has 0 amide bonds. The molecule has 1 aliphatic rings. The van der Waals surface area contributed by atoms with Crippen LogP contribution in [0, 0.1) is 0 Å². The van der Waals surface area contributed by atoms with Gasteiger partial charge in [-0.25, -0.2) is 0 Å².